The Labute approximate surface area is 186 Å². The van der Waals surface area contributed by atoms with Crippen LogP contribution in [-0.4, -0.2) is 36.2 Å². The number of fused-ring (bicyclic) bond motifs is 1. The molecule has 0 saturated carbocycles. The van der Waals surface area contributed by atoms with Crippen molar-refractivity contribution in [3.8, 4) is 11.5 Å². The number of ether oxygens (including phenoxy) is 2. The van der Waals surface area contributed by atoms with Crippen LogP contribution in [0.4, 0.5) is 4.39 Å². The maximum absolute atomic E-state index is 14.8. The van der Waals surface area contributed by atoms with E-state index in [0.717, 1.165) is 79.4 Å². The van der Waals surface area contributed by atoms with Gasteiger partial charge in [-0.05, 0) is 70.7 Å². The summed E-state index contributed by atoms with van der Waals surface area (Å²) in [5, 5.41) is 0. The fraction of sp³-hybridized carbons (Fsp3) is 0.542. The number of likely N-dealkylation sites (tertiary alicyclic amines) is 1. The van der Waals surface area contributed by atoms with E-state index in [4.69, 9.17) is 9.47 Å². The molecule has 1 fully saturated rings. The molecule has 4 rings (SSSR count). The van der Waals surface area contributed by atoms with Gasteiger partial charge in [0, 0.05) is 47.6 Å². The number of pyridine rings is 1. The van der Waals surface area contributed by atoms with Crippen LogP contribution in [0.5, 0.6) is 11.5 Å². The average molecular weight is 433 g/mol. The van der Waals surface area contributed by atoms with Gasteiger partial charge in [0.2, 0.25) is 0 Å². The van der Waals surface area contributed by atoms with Crippen molar-refractivity contribution < 1.29 is 13.9 Å². The molecule has 0 aliphatic carbocycles. The smallest absolute Gasteiger partial charge is 0.128 e. The third-order valence-corrected chi connectivity index (χ3v) is 6.12. The van der Waals surface area contributed by atoms with Crippen molar-refractivity contribution in [1.82, 2.24) is 9.88 Å². The molecule has 1 aromatic carbocycles. The highest BCUT2D eigenvalue weighted by atomic mass is 32.1. The Kier molecular flexibility index (Phi) is 7.64. The monoisotopic (exact) mass is 432 g/mol. The zero-order valence-corrected chi connectivity index (χ0v) is 19.2. The lowest BCUT2D eigenvalue weighted by Gasteiger charge is -2.37. The fourth-order valence-electron chi connectivity index (χ4n) is 4.58. The Morgan fingerprint density at radius 1 is 1.20 bits per heavy atom. The summed E-state index contributed by atoms with van der Waals surface area (Å²) in [5.41, 5.74) is 3.69. The van der Waals surface area contributed by atoms with E-state index >= 15 is 0 Å². The highest BCUT2D eigenvalue weighted by Gasteiger charge is 2.27. The van der Waals surface area contributed by atoms with Crippen LogP contribution in [0.1, 0.15) is 54.7 Å². The molecule has 0 spiro atoms. The van der Waals surface area contributed by atoms with Gasteiger partial charge in [0.05, 0.1) is 13.2 Å². The molecule has 0 radical (unpaired) electrons. The summed E-state index contributed by atoms with van der Waals surface area (Å²) >= 11 is 0. The molecule has 2 aliphatic rings. The summed E-state index contributed by atoms with van der Waals surface area (Å²) in [7, 11) is 0. The molecule has 164 valence electrons. The van der Waals surface area contributed by atoms with E-state index in [1.807, 2.05) is 32.0 Å². The number of halogens is 1. The Balaban J connectivity index is 0.00000256. The predicted octanol–water partition coefficient (Wildman–Crippen LogP) is 5.13. The number of hydrogen-bond donors (Lipinski definition) is 0. The van der Waals surface area contributed by atoms with Gasteiger partial charge >= 0.3 is 0 Å². The standard InChI is InChI=1S/C24H31FN2O2.H2S/c1-16-10-21(11-17(2)26-16)29-15-19-6-4-8-27(14-19)18(3)22-13-24-20(12-23(22)25)7-5-9-28-24;/h10-13,18-19H,4-9,14-15H2,1-3H3;1H2/t18?,19-;/m0./s1. The summed E-state index contributed by atoms with van der Waals surface area (Å²) in [6.07, 6.45) is 4.11. The topological polar surface area (TPSA) is 34.6 Å². The minimum absolute atomic E-state index is 0. The summed E-state index contributed by atoms with van der Waals surface area (Å²) in [5.74, 6) is 2.08. The van der Waals surface area contributed by atoms with Crippen LogP contribution in [0.15, 0.2) is 24.3 Å². The van der Waals surface area contributed by atoms with E-state index in [1.54, 1.807) is 6.07 Å². The minimum Gasteiger partial charge on any atom is -0.493 e. The molecule has 4 nitrogen and oxygen atoms in total. The molecule has 0 bridgehead atoms. The number of rotatable bonds is 5. The first-order valence-corrected chi connectivity index (χ1v) is 10.8. The molecule has 6 heteroatoms. The lowest BCUT2D eigenvalue weighted by atomic mass is 9.94. The van der Waals surface area contributed by atoms with E-state index < -0.39 is 0 Å². The van der Waals surface area contributed by atoms with E-state index in [-0.39, 0.29) is 25.4 Å². The van der Waals surface area contributed by atoms with Gasteiger partial charge < -0.3 is 9.47 Å². The zero-order chi connectivity index (χ0) is 20.4. The number of piperidine rings is 1. The highest BCUT2D eigenvalue weighted by molar-refractivity contribution is 7.59. The Bertz CT molecular complexity index is 856. The largest absolute Gasteiger partial charge is 0.493 e. The normalized spacial score (nSPS) is 19.9. The molecule has 2 aliphatic heterocycles. The van der Waals surface area contributed by atoms with E-state index in [0.29, 0.717) is 12.5 Å². The molecule has 30 heavy (non-hydrogen) atoms. The zero-order valence-electron chi connectivity index (χ0n) is 18.2. The molecule has 1 unspecified atom stereocenters. The molecular weight excluding hydrogens is 399 g/mol. The van der Waals surface area contributed by atoms with Crippen molar-refractivity contribution in [2.45, 2.75) is 52.5 Å². The van der Waals surface area contributed by atoms with Crippen LogP contribution in [0.3, 0.4) is 0 Å². The molecular formula is C24H33FN2O2S. The van der Waals surface area contributed by atoms with Crippen LogP contribution in [0.25, 0.3) is 0 Å². The van der Waals surface area contributed by atoms with Crippen LogP contribution < -0.4 is 9.47 Å². The van der Waals surface area contributed by atoms with Gasteiger partial charge in [0.25, 0.3) is 0 Å². The number of hydrogen-bond acceptors (Lipinski definition) is 4. The van der Waals surface area contributed by atoms with Crippen molar-refractivity contribution >= 4 is 13.5 Å². The van der Waals surface area contributed by atoms with Crippen molar-refractivity contribution in [2.75, 3.05) is 26.3 Å². The first-order chi connectivity index (χ1) is 14.0. The van der Waals surface area contributed by atoms with Crippen molar-refractivity contribution in [2.24, 2.45) is 5.92 Å². The second kappa shape index (κ2) is 10.0. The second-order valence-corrected chi connectivity index (χ2v) is 8.51. The van der Waals surface area contributed by atoms with Crippen molar-refractivity contribution in [1.29, 1.82) is 0 Å². The van der Waals surface area contributed by atoms with E-state index in [9.17, 15) is 4.39 Å². The average Bonchev–Trinajstić information content (AvgIpc) is 2.71. The predicted molar refractivity (Wildman–Crippen MR) is 123 cm³/mol. The minimum atomic E-state index is -0.108. The summed E-state index contributed by atoms with van der Waals surface area (Å²) in [6.45, 7) is 9.39. The SMILES string of the molecule is Cc1cc(OC[C@H]2CCCN(C(C)c3cc4c(cc3F)CCCO4)C2)cc(C)n1.S. The Hall–Kier alpha value is -1.79. The quantitative estimate of drug-likeness (QED) is 0.656. The summed E-state index contributed by atoms with van der Waals surface area (Å²) in [6, 6.07) is 7.60. The van der Waals surface area contributed by atoms with Gasteiger partial charge in [-0.25, -0.2) is 4.39 Å². The van der Waals surface area contributed by atoms with Gasteiger partial charge in [-0.2, -0.15) is 13.5 Å². The van der Waals surface area contributed by atoms with Crippen LogP contribution in [-0.2, 0) is 6.42 Å². The number of benzene rings is 1. The van der Waals surface area contributed by atoms with Gasteiger partial charge in [-0.3, -0.25) is 9.88 Å². The molecule has 0 amide bonds. The van der Waals surface area contributed by atoms with E-state index in [1.165, 1.54) is 0 Å². The molecule has 2 atom stereocenters. The van der Waals surface area contributed by atoms with Gasteiger partial charge in [0.15, 0.2) is 0 Å². The number of aryl methyl sites for hydroxylation is 3. The lowest BCUT2D eigenvalue weighted by molar-refractivity contribution is 0.0991. The molecule has 2 aromatic rings. The summed E-state index contributed by atoms with van der Waals surface area (Å²) < 4.78 is 26.7. The van der Waals surface area contributed by atoms with Gasteiger partial charge in [0.1, 0.15) is 17.3 Å². The number of nitrogens with zero attached hydrogens (tertiary/aromatic N) is 2. The van der Waals surface area contributed by atoms with Crippen LogP contribution in [0, 0.1) is 25.6 Å². The molecule has 0 N–H and O–H groups in total. The first-order valence-electron chi connectivity index (χ1n) is 10.8. The molecule has 3 heterocycles. The molecule has 1 aromatic heterocycles. The first kappa shape index (κ1) is 22.9. The summed E-state index contributed by atoms with van der Waals surface area (Å²) in [4.78, 5) is 6.79. The van der Waals surface area contributed by atoms with Crippen LogP contribution in [0.2, 0.25) is 0 Å². The number of aromatic nitrogens is 1. The van der Waals surface area contributed by atoms with Crippen molar-refractivity contribution in [3.05, 3.63) is 52.6 Å². The lowest BCUT2D eigenvalue weighted by Crippen LogP contribution is -2.39. The van der Waals surface area contributed by atoms with Gasteiger partial charge in [-0.15, -0.1) is 0 Å². The third kappa shape index (κ3) is 5.27. The Morgan fingerprint density at radius 2 is 1.97 bits per heavy atom. The molecule has 1 saturated heterocycles. The Morgan fingerprint density at radius 3 is 2.73 bits per heavy atom. The maximum atomic E-state index is 14.8. The van der Waals surface area contributed by atoms with E-state index in [2.05, 4.69) is 16.8 Å². The highest BCUT2D eigenvalue weighted by Crippen LogP contribution is 2.34. The third-order valence-electron chi connectivity index (χ3n) is 6.12. The van der Waals surface area contributed by atoms with Crippen LogP contribution >= 0.6 is 13.5 Å². The maximum Gasteiger partial charge on any atom is 0.128 e. The fourth-order valence-corrected chi connectivity index (χ4v) is 4.58. The van der Waals surface area contributed by atoms with Gasteiger partial charge in [-0.1, -0.05) is 0 Å². The second-order valence-electron chi connectivity index (χ2n) is 8.51. The van der Waals surface area contributed by atoms with Crippen molar-refractivity contribution in [3.63, 3.8) is 0 Å².